The molecule has 0 saturated carbocycles. The van der Waals surface area contributed by atoms with Crippen molar-refractivity contribution < 1.29 is 33.7 Å². The number of aliphatic hydroxyl groups excluding tert-OH is 1. The molecule has 1 aromatic carbocycles. The molecular formula is C33H44N4O7. The van der Waals surface area contributed by atoms with Gasteiger partial charge in [-0.15, -0.1) is 0 Å². The zero-order valence-corrected chi connectivity index (χ0v) is 25.9. The molecule has 0 aromatic heterocycles. The van der Waals surface area contributed by atoms with Gasteiger partial charge in [0.15, 0.2) is 0 Å². The molecule has 0 radical (unpaired) electrons. The Kier molecular flexibility index (Phi) is 8.58. The first-order valence-electron chi connectivity index (χ1n) is 15.9. The van der Waals surface area contributed by atoms with E-state index < -0.39 is 35.1 Å². The molecule has 44 heavy (non-hydrogen) atoms. The largest absolute Gasteiger partial charge is 0.494 e. The number of carbonyl (C=O) groups is 3. The van der Waals surface area contributed by atoms with Gasteiger partial charge in [-0.25, -0.2) is 0 Å². The summed E-state index contributed by atoms with van der Waals surface area (Å²) in [7, 11) is 0. The van der Waals surface area contributed by atoms with E-state index in [0.29, 0.717) is 63.9 Å². The number of aliphatic hydroxyl groups is 1. The summed E-state index contributed by atoms with van der Waals surface area (Å²) in [5.74, 6) is -1.87. The molecule has 11 nitrogen and oxygen atoms in total. The Balaban J connectivity index is 1.37. The Bertz CT molecular complexity index is 1310. The standard InChI is InChI=1S/C33H44N4O7/c1-4-23(22-38)37-28-31(41)35(17-16-34-18-20-42-21-19-34)14-7-13-33(28)27(30(37)40)26-29(39)36(15-6-12-32(26,3)44-33)24-8-10-25(11-9-24)43-5-2/h6-13,23,26-28,38H,4-5,14-22H2,1-3H3/t23-,26-,27-,28?,32+,33-/m0/s1. The maximum atomic E-state index is 14.6. The summed E-state index contributed by atoms with van der Waals surface area (Å²) < 4.78 is 18.0. The minimum Gasteiger partial charge on any atom is -0.494 e. The summed E-state index contributed by atoms with van der Waals surface area (Å²) in [5.41, 5.74) is -1.78. The molecule has 6 rings (SSSR count). The van der Waals surface area contributed by atoms with Gasteiger partial charge in [0.25, 0.3) is 0 Å². The van der Waals surface area contributed by atoms with Crippen molar-refractivity contribution in [1.29, 1.82) is 0 Å². The van der Waals surface area contributed by atoms with Crippen molar-refractivity contribution in [2.24, 2.45) is 11.8 Å². The fourth-order valence-corrected chi connectivity index (χ4v) is 7.72. The smallest absolute Gasteiger partial charge is 0.249 e. The highest BCUT2D eigenvalue weighted by Crippen LogP contribution is 2.58. The minimum absolute atomic E-state index is 0.217. The van der Waals surface area contributed by atoms with E-state index in [1.165, 1.54) is 4.90 Å². The van der Waals surface area contributed by atoms with Crippen molar-refractivity contribution in [2.45, 2.75) is 50.5 Å². The number of hydrogen-bond acceptors (Lipinski definition) is 8. The summed E-state index contributed by atoms with van der Waals surface area (Å²) in [6.45, 7) is 10.7. The lowest BCUT2D eigenvalue weighted by atomic mass is 9.74. The molecule has 5 aliphatic heterocycles. The lowest BCUT2D eigenvalue weighted by molar-refractivity contribution is -0.154. The first kappa shape index (κ1) is 30.8. The second-order valence-electron chi connectivity index (χ2n) is 12.4. The zero-order chi connectivity index (χ0) is 31.1. The summed E-state index contributed by atoms with van der Waals surface area (Å²) >= 11 is 0. The van der Waals surface area contributed by atoms with E-state index >= 15 is 0 Å². The van der Waals surface area contributed by atoms with E-state index in [1.54, 1.807) is 9.80 Å². The average Bonchev–Trinajstić information content (AvgIpc) is 3.30. The summed E-state index contributed by atoms with van der Waals surface area (Å²) in [4.78, 5) is 50.9. The van der Waals surface area contributed by atoms with Gasteiger partial charge in [-0.2, -0.15) is 0 Å². The Morgan fingerprint density at radius 1 is 0.955 bits per heavy atom. The Morgan fingerprint density at radius 3 is 2.36 bits per heavy atom. The Hall–Kier alpha value is -3.25. The maximum absolute atomic E-state index is 14.6. The van der Waals surface area contributed by atoms with E-state index in [-0.39, 0.29) is 24.3 Å². The van der Waals surface area contributed by atoms with Gasteiger partial charge >= 0.3 is 0 Å². The van der Waals surface area contributed by atoms with Crippen LogP contribution in [0.5, 0.6) is 5.75 Å². The van der Waals surface area contributed by atoms with E-state index in [2.05, 4.69) is 4.90 Å². The van der Waals surface area contributed by atoms with Crippen molar-refractivity contribution in [1.82, 2.24) is 14.7 Å². The molecule has 238 valence electrons. The number of rotatable bonds is 9. The second kappa shape index (κ2) is 12.3. The van der Waals surface area contributed by atoms with E-state index in [9.17, 15) is 19.5 Å². The highest BCUT2D eigenvalue weighted by Gasteiger charge is 2.75. The van der Waals surface area contributed by atoms with Crippen LogP contribution in [0.4, 0.5) is 5.69 Å². The fourth-order valence-electron chi connectivity index (χ4n) is 7.72. The van der Waals surface area contributed by atoms with Crippen molar-refractivity contribution in [3.63, 3.8) is 0 Å². The van der Waals surface area contributed by atoms with Crippen LogP contribution in [0.3, 0.4) is 0 Å². The number of amides is 3. The van der Waals surface area contributed by atoms with Crippen LogP contribution in [0.1, 0.15) is 27.2 Å². The molecule has 5 heterocycles. The highest BCUT2D eigenvalue weighted by molar-refractivity contribution is 6.04. The van der Waals surface area contributed by atoms with Gasteiger partial charge in [0, 0.05) is 45.0 Å². The predicted molar refractivity (Wildman–Crippen MR) is 163 cm³/mol. The molecule has 0 aliphatic carbocycles. The van der Waals surface area contributed by atoms with E-state index in [1.807, 2.05) is 69.3 Å². The Labute approximate surface area is 259 Å². The van der Waals surface area contributed by atoms with Crippen molar-refractivity contribution in [3.05, 3.63) is 48.6 Å². The molecule has 5 aliphatic rings. The zero-order valence-electron chi connectivity index (χ0n) is 25.9. The van der Waals surface area contributed by atoms with Crippen LogP contribution in [-0.4, -0.2) is 127 Å². The van der Waals surface area contributed by atoms with Gasteiger partial charge in [-0.1, -0.05) is 31.2 Å². The lowest BCUT2D eigenvalue weighted by Gasteiger charge is -2.40. The van der Waals surface area contributed by atoms with Gasteiger partial charge in [0.2, 0.25) is 17.7 Å². The van der Waals surface area contributed by atoms with Gasteiger partial charge in [-0.3, -0.25) is 19.3 Å². The molecule has 3 amide bonds. The van der Waals surface area contributed by atoms with Crippen LogP contribution >= 0.6 is 0 Å². The number of morpholine rings is 1. The van der Waals surface area contributed by atoms with Crippen molar-refractivity contribution in [3.8, 4) is 5.75 Å². The number of benzene rings is 1. The van der Waals surface area contributed by atoms with Crippen molar-refractivity contribution in [2.75, 3.05) is 70.6 Å². The van der Waals surface area contributed by atoms with Crippen LogP contribution in [0.25, 0.3) is 0 Å². The van der Waals surface area contributed by atoms with Crippen LogP contribution in [0, 0.1) is 11.8 Å². The summed E-state index contributed by atoms with van der Waals surface area (Å²) in [5, 5.41) is 10.4. The normalized spacial score (nSPS) is 32.8. The molecule has 0 bridgehead atoms. The molecule has 6 atom stereocenters. The number of hydrogen-bond donors (Lipinski definition) is 1. The number of nitrogens with zero attached hydrogens (tertiary/aromatic N) is 4. The molecule has 3 fully saturated rings. The first-order chi connectivity index (χ1) is 21.3. The number of ether oxygens (including phenoxy) is 3. The number of carbonyl (C=O) groups excluding carboxylic acids is 3. The Morgan fingerprint density at radius 2 is 1.68 bits per heavy atom. The summed E-state index contributed by atoms with van der Waals surface area (Å²) in [6.07, 6.45) is 8.02. The molecule has 3 saturated heterocycles. The van der Waals surface area contributed by atoms with E-state index in [4.69, 9.17) is 14.2 Å². The molecule has 11 heteroatoms. The van der Waals surface area contributed by atoms with Crippen LogP contribution in [0.2, 0.25) is 0 Å². The molecule has 1 unspecified atom stereocenters. The predicted octanol–water partition coefficient (Wildman–Crippen LogP) is 1.46. The minimum atomic E-state index is -1.36. The highest BCUT2D eigenvalue weighted by atomic mass is 16.5. The number of anilines is 1. The van der Waals surface area contributed by atoms with Gasteiger partial charge in [-0.05, 0) is 44.5 Å². The third-order valence-corrected chi connectivity index (χ3v) is 9.90. The summed E-state index contributed by atoms with van der Waals surface area (Å²) in [6, 6.07) is 5.77. The van der Waals surface area contributed by atoms with Crippen molar-refractivity contribution >= 4 is 23.4 Å². The average molecular weight is 609 g/mol. The van der Waals surface area contributed by atoms with Gasteiger partial charge in [0.1, 0.15) is 17.4 Å². The van der Waals surface area contributed by atoms with Gasteiger partial charge in [0.05, 0.1) is 49.9 Å². The van der Waals surface area contributed by atoms with Crippen LogP contribution in [0.15, 0.2) is 48.6 Å². The number of fused-ring (bicyclic) bond motifs is 2. The molecule has 1 aromatic rings. The third-order valence-electron chi connectivity index (χ3n) is 9.90. The topological polar surface area (TPSA) is 112 Å². The molecule has 1 N–H and O–H groups in total. The fraction of sp³-hybridized carbons (Fsp3) is 0.606. The van der Waals surface area contributed by atoms with Crippen LogP contribution < -0.4 is 9.64 Å². The number of likely N-dealkylation sites (tertiary alicyclic amines) is 1. The second-order valence-corrected chi connectivity index (χ2v) is 12.4. The van der Waals surface area contributed by atoms with Gasteiger partial charge < -0.3 is 34.0 Å². The quantitative estimate of drug-likeness (QED) is 0.420. The maximum Gasteiger partial charge on any atom is 0.249 e. The SMILES string of the molecule is CCOc1ccc(N2CC=C[C@@]3(C)O[C@]45C=CCN(CCN6CCOCC6)C(=O)C4N([C@@H](CC)CO)C(=O)[C@@H]5[C@H]3C2=O)cc1. The lowest BCUT2D eigenvalue weighted by Crippen LogP contribution is -2.59. The van der Waals surface area contributed by atoms with Crippen LogP contribution in [-0.2, 0) is 23.9 Å². The monoisotopic (exact) mass is 608 g/mol. The third kappa shape index (κ3) is 5.03. The molecule has 1 spiro atoms. The molecular weight excluding hydrogens is 564 g/mol. The first-order valence-corrected chi connectivity index (χ1v) is 15.9. The van der Waals surface area contributed by atoms with E-state index in [0.717, 1.165) is 13.1 Å².